The zero-order valence-electron chi connectivity index (χ0n) is 10.7. The Morgan fingerprint density at radius 2 is 1.95 bits per heavy atom. The van der Waals surface area contributed by atoms with Crippen LogP contribution in [0.2, 0.25) is 5.15 Å². The third-order valence-corrected chi connectivity index (χ3v) is 3.47. The second-order valence-corrected chi connectivity index (χ2v) is 4.94. The van der Waals surface area contributed by atoms with Crippen LogP contribution in [0, 0.1) is 6.92 Å². The molecule has 0 bridgehead atoms. The molecule has 0 saturated heterocycles. The van der Waals surface area contributed by atoms with Gasteiger partial charge in [0.05, 0.1) is 16.7 Å². The minimum atomic E-state index is 0.431. The van der Waals surface area contributed by atoms with Gasteiger partial charge < -0.3 is 0 Å². The van der Waals surface area contributed by atoms with Gasteiger partial charge in [-0.2, -0.15) is 9.61 Å². The van der Waals surface area contributed by atoms with E-state index in [0.29, 0.717) is 5.15 Å². The number of rotatable bonds is 1. The van der Waals surface area contributed by atoms with Crippen molar-refractivity contribution in [1.29, 1.82) is 0 Å². The first-order valence-corrected chi connectivity index (χ1v) is 6.56. The highest BCUT2D eigenvalue weighted by atomic mass is 35.5. The van der Waals surface area contributed by atoms with Crippen molar-refractivity contribution in [2.45, 2.75) is 6.92 Å². The highest BCUT2D eigenvalue weighted by molar-refractivity contribution is 6.29. The number of fused-ring (bicyclic) bond motifs is 2. The summed E-state index contributed by atoms with van der Waals surface area (Å²) in [5.74, 6) is 0.858. The second kappa shape index (κ2) is 4.05. The highest BCUT2D eigenvalue weighted by Gasteiger charge is 2.14. The number of aryl methyl sites for hydroxylation is 1. The van der Waals surface area contributed by atoms with Crippen molar-refractivity contribution >= 4 is 28.3 Å². The molecule has 3 aromatic heterocycles. The molecule has 20 heavy (non-hydrogen) atoms. The number of benzene rings is 1. The minimum Gasteiger partial charge on any atom is -0.281 e. The maximum absolute atomic E-state index is 5.99. The van der Waals surface area contributed by atoms with Gasteiger partial charge in [0.15, 0.2) is 11.5 Å². The first-order valence-electron chi connectivity index (χ1n) is 6.18. The molecule has 0 saturated carbocycles. The summed E-state index contributed by atoms with van der Waals surface area (Å²) in [6.45, 7) is 1.95. The topological polar surface area (TPSA) is 48.0 Å². The van der Waals surface area contributed by atoms with E-state index in [1.807, 2.05) is 41.8 Å². The summed E-state index contributed by atoms with van der Waals surface area (Å²) in [5, 5.41) is 4.76. The molecule has 0 spiro atoms. The monoisotopic (exact) mass is 283 g/mol. The fraction of sp³-hybridized carbons (Fsp3) is 0.0714. The summed E-state index contributed by atoms with van der Waals surface area (Å²) in [5.41, 5.74) is 3.59. The van der Waals surface area contributed by atoms with E-state index in [0.717, 1.165) is 28.2 Å². The Labute approximate surface area is 119 Å². The molecule has 0 radical (unpaired) electrons. The van der Waals surface area contributed by atoms with E-state index in [1.54, 1.807) is 16.9 Å². The molecule has 0 aliphatic heterocycles. The molecule has 5 nitrogen and oxygen atoms in total. The van der Waals surface area contributed by atoms with Crippen molar-refractivity contribution in [3.8, 4) is 5.82 Å². The lowest BCUT2D eigenvalue weighted by molar-refractivity contribution is 0.868. The summed E-state index contributed by atoms with van der Waals surface area (Å²) >= 11 is 5.99. The Balaban J connectivity index is 2.11. The van der Waals surface area contributed by atoms with Gasteiger partial charge in [-0.25, -0.2) is 9.97 Å². The Morgan fingerprint density at radius 3 is 2.85 bits per heavy atom. The van der Waals surface area contributed by atoms with Crippen LogP contribution in [-0.4, -0.2) is 24.1 Å². The largest absolute Gasteiger partial charge is 0.281 e. The number of halogens is 1. The van der Waals surface area contributed by atoms with Gasteiger partial charge in [0.25, 0.3) is 0 Å². The third-order valence-electron chi connectivity index (χ3n) is 3.27. The van der Waals surface area contributed by atoms with Crippen LogP contribution in [0.4, 0.5) is 0 Å². The summed E-state index contributed by atoms with van der Waals surface area (Å²) in [7, 11) is 0. The van der Waals surface area contributed by atoms with Crippen LogP contribution in [-0.2, 0) is 0 Å². The zero-order valence-corrected chi connectivity index (χ0v) is 11.4. The number of hydrogen-bond donors (Lipinski definition) is 0. The van der Waals surface area contributed by atoms with Gasteiger partial charge in [-0.15, -0.1) is 0 Å². The van der Waals surface area contributed by atoms with E-state index in [9.17, 15) is 0 Å². The molecule has 0 aliphatic rings. The van der Waals surface area contributed by atoms with Gasteiger partial charge in [0.1, 0.15) is 11.5 Å². The Kier molecular flexibility index (Phi) is 2.31. The van der Waals surface area contributed by atoms with Gasteiger partial charge >= 0.3 is 0 Å². The number of para-hydroxylation sites is 2. The smallest absolute Gasteiger partial charge is 0.163 e. The van der Waals surface area contributed by atoms with Crippen LogP contribution in [0.3, 0.4) is 0 Å². The summed E-state index contributed by atoms with van der Waals surface area (Å²) in [4.78, 5) is 8.92. The quantitative estimate of drug-likeness (QED) is 0.539. The zero-order chi connectivity index (χ0) is 13.7. The summed E-state index contributed by atoms with van der Waals surface area (Å²) < 4.78 is 3.72. The normalized spacial score (nSPS) is 11.5. The standard InChI is InChI=1S/C14H10ClN5/c1-9-14(20-13(17-9)7-6-12(15)18-20)19-8-16-10-4-2-3-5-11(10)19/h2-8H,1H3. The van der Waals surface area contributed by atoms with Crippen LogP contribution in [0.5, 0.6) is 0 Å². The molecular weight excluding hydrogens is 274 g/mol. The van der Waals surface area contributed by atoms with Crippen LogP contribution in [0.25, 0.3) is 22.5 Å². The lowest BCUT2D eigenvalue weighted by Crippen LogP contribution is -2.02. The average molecular weight is 284 g/mol. The number of imidazole rings is 2. The molecule has 4 aromatic rings. The molecule has 0 atom stereocenters. The van der Waals surface area contributed by atoms with Crippen molar-refractivity contribution < 1.29 is 0 Å². The van der Waals surface area contributed by atoms with Crippen LogP contribution in [0.1, 0.15) is 5.69 Å². The van der Waals surface area contributed by atoms with E-state index >= 15 is 0 Å². The van der Waals surface area contributed by atoms with E-state index in [1.165, 1.54) is 0 Å². The summed E-state index contributed by atoms with van der Waals surface area (Å²) in [6.07, 6.45) is 1.78. The Hall–Kier alpha value is -2.40. The van der Waals surface area contributed by atoms with Crippen LogP contribution >= 0.6 is 11.6 Å². The van der Waals surface area contributed by atoms with Crippen molar-refractivity contribution in [2.24, 2.45) is 0 Å². The highest BCUT2D eigenvalue weighted by Crippen LogP contribution is 2.22. The van der Waals surface area contributed by atoms with Gasteiger partial charge in [-0.05, 0) is 31.2 Å². The molecule has 0 N–H and O–H groups in total. The third kappa shape index (κ3) is 1.53. The Morgan fingerprint density at radius 1 is 1.10 bits per heavy atom. The predicted molar refractivity (Wildman–Crippen MR) is 77.4 cm³/mol. The van der Waals surface area contributed by atoms with Crippen molar-refractivity contribution in [3.05, 3.63) is 53.6 Å². The van der Waals surface area contributed by atoms with Crippen LogP contribution < -0.4 is 0 Å². The number of nitrogens with zero attached hydrogens (tertiary/aromatic N) is 5. The molecule has 1 aromatic carbocycles. The minimum absolute atomic E-state index is 0.431. The number of aromatic nitrogens is 5. The van der Waals surface area contributed by atoms with Gasteiger partial charge in [0, 0.05) is 0 Å². The molecule has 6 heteroatoms. The molecule has 4 rings (SSSR count). The van der Waals surface area contributed by atoms with Gasteiger partial charge in [-0.3, -0.25) is 4.57 Å². The molecule has 0 unspecified atom stereocenters. The molecular formula is C14H10ClN5. The average Bonchev–Trinajstić information content (AvgIpc) is 2.99. The van der Waals surface area contributed by atoms with E-state index < -0.39 is 0 Å². The van der Waals surface area contributed by atoms with E-state index in [4.69, 9.17) is 11.6 Å². The van der Waals surface area contributed by atoms with E-state index in [-0.39, 0.29) is 0 Å². The molecule has 0 aliphatic carbocycles. The summed E-state index contributed by atoms with van der Waals surface area (Å²) in [6, 6.07) is 11.5. The first kappa shape index (κ1) is 11.4. The molecule has 3 heterocycles. The van der Waals surface area contributed by atoms with E-state index in [2.05, 4.69) is 15.1 Å². The Bertz CT molecular complexity index is 937. The fourth-order valence-electron chi connectivity index (χ4n) is 2.41. The maximum atomic E-state index is 5.99. The lowest BCUT2D eigenvalue weighted by atomic mass is 10.3. The predicted octanol–water partition coefficient (Wildman–Crippen LogP) is 3.03. The van der Waals surface area contributed by atoms with Crippen molar-refractivity contribution in [2.75, 3.05) is 0 Å². The second-order valence-electron chi connectivity index (χ2n) is 4.55. The van der Waals surface area contributed by atoms with Crippen molar-refractivity contribution in [3.63, 3.8) is 0 Å². The van der Waals surface area contributed by atoms with Gasteiger partial charge in [0.2, 0.25) is 0 Å². The maximum Gasteiger partial charge on any atom is 0.163 e. The SMILES string of the molecule is Cc1nc2ccc(Cl)nn2c1-n1cnc2ccccc21. The fourth-order valence-corrected chi connectivity index (χ4v) is 2.55. The number of hydrogen-bond acceptors (Lipinski definition) is 3. The lowest BCUT2D eigenvalue weighted by Gasteiger charge is -2.04. The van der Waals surface area contributed by atoms with Crippen molar-refractivity contribution in [1.82, 2.24) is 24.1 Å². The molecule has 98 valence electrons. The first-order chi connectivity index (χ1) is 9.74. The molecule has 0 amide bonds. The van der Waals surface area contributed by atoms with Crippen LogP contribution in [0.15, 0.2) is 42.7 Å². The molecule has 0 fully saturated rings. The van der Waals surface area contributed by atoms with Gasteiger partial charge in [-0.1, -0.05) is 23.7 Å².